The van der Waals surface area contributed by atoms with Crippen molar-refractivity contribution < 1.29 is 9.13 Å². The molecule has 1 aromatic carbocycles. The highest BCUT2D eigenvalue weighted by atomic mass is 19.1. The van der Waals surface area contributed by atoms with Crippen molar-refractivity contribution in [2.75, 3.05) is 7.11 Å². The predicted molar refractivity (Wildman–Crippen MR) is 81.0 cm³/mol. The average Bonchev–Trinajstić information content (AvgIpc) is 2.37. The first-order valence-corrected chi connectivity index (χ1v) is 7.06. The van der Waals surface area contributed by atoms with Gasteiger partial charge in [0.25, 0.3) is 0 Å². The largest absolute Gasteiger partial charge is 0.494 e. The van der Waals surface area contributed by atoms with E-state index in [4.69, 9.17) is 10.6 Å². The van der Waals surface area contributed by atoms with Gasteiger partial charge in [-0.1, -0.05) is 33.8 Å². The number of hydrogen-bond donors (Lipinski definition) is 2. The van der Waals surface area contributed by atoms with E-state index in [1.807, 2.05) is 6.07 Å². The zero-order valence-corrected chi connectivity index (χ0v) is 13.2. The van der Waals surface area contributed by atoms with E-state index in [-0.39, 0.29) is 23.0 Å². The number of nitrogens with two attached hydrogens (primary N) is 1. The van der Waals surface area contributed by atoms with Crippen LogP contribution < -0.4 is 16.0 Å². The molecular formula is C16H27FN2O. The summed E-state index contributed by atoms with van der Waals surface area (Å²) in [6, 6.07) is 5.20. The van der Waals surface area contributed by atoms with Gasteiger partial charge >= 0.3 is 0 Å². The maximum atomic E-state index is 13.7. The van der Waals surface area contributed by atoms with Crippen LogP contribution in [0, 0.1) is 17.2 Å². The third-order valence-corrected chi connectivity index (χ3v) is 4.05. The molecule has 0 aromatic heterocycles. The summed E-state index contributed by atoms with van der Waals surface area (Å²) in [7, 11) is 1.47. The quantitative estimate of drug-likeness (QED) is 0.622. The Labute approximate surface area is 121 Å². The number of hydrazine groups is 1. The van der Waals surface area contributed by atoms with E-state index in [9.17, 15) is 4.39 Å². The van der Waals surface area contributed by atoms with Gasteiger partial charge in [-0.25, -0.2) is 4.39 Å². The Morgan fingerprint density at radius 3 is 2.45 bits per heavy atom. The maximum absolute atomic E-state index is 13.7. The van der Waals surface area contributed by atoms with Crippen LogP contribution in [0.5, 0.6) is 5.75 Å². The van der Waals surface area contributed by atoms with Gasteiger partial charge in [0, 0.05) is 6.04 Å². The molecule has 0 saturated carbocycles. The first-order valence-electron chi connectivity index (χ1n) is 7.06. The summed E-state index contributed by atoms with van der Waals surface area (Å²) in [6.45, 7) is 8.88. The van der Waals surface area contributed by atoms with Gasteiger partial charge in [-0.05, 0) is 41.9 Å². The summed E-state index contributed by atoms with van der Waals surface area (Å²) in [5, 5.41) is 0. The van der Waals surface area contributed by atoms with Crippen molar-refractivity contribution in [3.8, 4) is 5.75 Å². The van der Waals surface area contributed by atoms with Crippen LogP contribution in [-0.4, -0.2) is 13.2 Å². The van der Waals surface area contributed by atoms with E-state index in [1.54, 1.807) is 6.07 Å². The highest BCUT2D eigenvalue weighted by Crippen LogP contribution is 2.29. The summed E-state index contributed by atoms with van der Waals surface area (Å²) in [6.07, 6.45) is 1.66. The van der Waals surface area contributed by atoms with Crippen molar-refractivity contribution in [1.82, 2.24) is 5.43 Å². The van der Waals surface area contributed by atoms with Crippen molar-refractivity contribution in [1.29, 1.82) is 0 Å². The molecule has 0 heterocycles. The van der Waals surface area contributed by atoms with Gasteiger partial charge in [0.05, 0.1) is 7.11 Å². The average molecular weight is 282 g/mol. The molecule has 0 amide bonds. The molecule has 2 unspecified atom stereocenters. The zero-order chi connectivity index (χ0) is 15.3. The number of methoxy groups -OCH3 is 1. The van der Waals surface area contributed by atoms with Gasteiger partial charge in [-0.3, -0.25) is 11.3 Å². The van der Waals surface area contributed by atoms with Crippen LogP contribution in [-0.2, 0) is 6.42 Å². The van der Waals surface area contributed by atoms with E-state index < -0.39 is 0 Å². The Kier molecular flexibility index (Phi) is 5.96. The van der Waals surface area contributed by atoms with Gasteiger partial charge in [0.15, 0.2) is 11.6 Å². The van der Waals surface area contributed by atoms with Crippen molar-refractivity contribution in [2.45, 2.75) is 46.6 Å². The fourth-order valence-electron chi connectivity index (χ4n) is 2.11. The fraction of sp³-hybridized carbons (Fsp3) is 0.625. The van der Waals surface area contributed by atoms with Crippen LogP contribution in [0.25, 0.3) is 0 Å². The standard InChI is InChI=1S/C16H27FN2O/c1-11(16(2,3)4)8-13(19-18)9-12-6-7-15(20-5)14(17)10-12/h6-7,10-11,13,19H,8-9,18H2,1-5H3. The van der Waals surface area contributed by atoms with E-state index in [0.717, 1.165) is 12.0 Å². The molecule has 20 heavy (non-hydrogen) atoms. The highest BCUT2D eigenvalue weighted by molar-refractivity contribution is 5.29. The molecule has 0 aliphatic heterocycles. The molecule has 3 nitrogen and oxygen atoms in total. The van der Waals surface area contributed by atoms with Crippen molar-refractivity contribution in [2.24, 2.45) is 17.2 Å². The third kappa shape index (κ3) is 4.76. The van der Waals surface area contributed by atoms with E-state index in [0.29, 0.717) is 12.3 Å². The second kappa shape index (κ2) is 7.04. The van der Waals surface area contributed by atoms with Crippen LogP contribution in [0.1, 0.15) is 39.7 Å². The van der Waals surface area contributed by atoms with Gasteiger partial charge in [-0.15, -0.1) is 0 Å². The number of nitrogens with one attached hydrogen (secondary N) is 1. The summed E-state index contributed by atoms with van der Waals surface area (Å²) in [5.41, 5.74) is 4.01. The van der Waals surface area contributed by atoms with Crippen LogP contribution >= 0.6 is 0 Å². The van der Waals surface area contributed by atoms with Crippen LogP contribution in [0.15, 0.2) is 18.2 Å². The number of hydrogen-bond acceptors (Lipinski definition) is 3. The number of benzene rings is 1. The van der Waals surface area contributed by atoms with Crippen LogP contribution in [0.3, 0.4) is 0 Å². The minimum atomic E-state index is -0.329. The lowest BCUT2D eigenvalue weighted by atomic mass is 9.78. The molecule has 114 valence electrons. The Bertz CT molecular complexity index is 429. The summed E-state index contributed by atoms with van der Waals surface area (Å²) in [4.78, 5) is 0. The number of halogens is 1. The molecule has 2 atom stereocenters. The fourth-order valence-corrected chi connectivity index (χ4v) is 2.11. The molecule has 0 radical (unpaired) electrons. The van der Waals surface area contributed by atoms with Crippen molar-refractivity contribution in [3.63, 3.8) is 0 Å². The summed E-state index contributed by atoms with van der Waals surface area (Å²) < 4.78 is 18.6. The Hall–Kier alpha value is -1.13. The van der Waals surface area contributed by atoms with Gasteiger partial charge in [-0.2, -0.15) is 0 Å². The lowest BCUT2D eigenvalue weighted by Gasteiger charge is -2.30. The first-order chi connectivity index (χ1) is 9.27. The van der Waals surface area contributed by atoms with E-state index >= 15 is 0 Å². The molecule has 0 bridgehead atoms. The molecule has 4 heteroatoms. The number of ether oxygens (including phenoxy) is 1. The summed E-state index contributed by atoms with van der Waals surface area (Å²) in [5.74, 6) is 6.10. The minimum Gasteiger partial charge on any atom is -0.494 e. The monoisotopic (exact) mass is 282 g/mol. The van der Waals surface area contributed by atoms with Gasteiger partial charge in [0.2, 0.25) is 0 Å². The Balaban J connectivity index is 2.71. The molecule has 3 N–H and O–H groups in total. The number of rotatable bonds is 6. The van der Waals surface area contributed by atoms with Gasteiger partial charge in [0.1, 0.15) is 0 Å². The molecule has 0 fully saturated rings. The normalized spacial score (nSPS) is 14.9. The lowest BCUT2D eigenvalue weighted by Crippen LogP contribution is -2.39. The molecule has 1 rings (SSSR count). The third-order valence-electron chi connectivity index (χ3n) is 4.05. The second-order valence-corrected chi connectivity index (χ2v) is 6.54. The molecule has 0 saturated heterocycles. The topological polar surface area (TPSA) is 47.3 Å². The van der Waals surface area contributed by atoms with Crippen LogP contribution in [0.2, 0.25) is 0 Å². The Morgan fingerprint density at radius 2 is 2.00 bits per heavy atom. The molecule has 0 aliphatic carbocycles. The van der Waals surface area contributed by atoms with Crippen molar-refractivity contribution >= 4 is 0 Å². The minimum absolute atomic E-state index is 0.136. The SMILES string of the molecule is COc1ccc(CC(CC(C)C(C)(C)C)NN)cc1F. The van der Waals surface area contributed by atoms with Gasteiger partial charge < -0.3 is 4.74 Å². The predicted octanol–water partition coefficient (Wildman–Crippen LogP) is 3.28. The van der Waals surface area contributed by atoms with Crippen molar-refractivity contribution in [3.05, 3.63) is 29.6 Å². The first kappa shape index (κ1) is 16.9. The highest BCUT2D eigenvalue weighted by Gasteiger charge is 2.23. The van der Waals surface area contributed by atoms with E-state index in [1.165, 1.54) is 13.2 Å². The smallest absolute Gasteiger partial charge is 0.165 e. The molecule has 0 aliphatic rings. The summed E-state index contributed by atoms with van der Waals surface area (Å²) >= 11 is 0. The van der Waals surface area contributed by atoms with E-state index in [2.05, 4.69) is 33.1 Å². The second-order valence-electron chi connectivity index (χ2n) is 6.54. The molecule has 1 aromatic rings. The van der Waals surface area contributed by atoms with Crippen LogP contribution in [0.4, 0.5) is 4.39 Å². The Morgan fingerprint density at radius 1 is 1.35 bits per heavy atom. The zero-order valence-electron chi connectivity index (χ0n) is 13.2. The lowest BCUT2D eigenvalue weighted by molar-refractivity contribution is 0.222. The maximum Gasteiger partial charge on any atom is 0.165 e. The molecular weight excluding hydrogens is 255 g/mol. The molecule has 0 spiro atoms.